The summed E-state index contributed by atoms with van der Waals surface area (Å²) >= 11 is 0. The molecule has 3 aromatic rings. The molecule has 106 valence electrons. The van der Waals surface area contributed by atoms with Crippen molar-refractivity contribution in [1.29, 1.82) is 0 Å². The van der Waals surface area contributed by atoms with Gasteiger partial charge in [-0.2, -0.15) is 0 Å². The van der Waals surface area contributed by atoms with Gasteiger partial charge in [0.1, 0.15) is 6.54 Å². The van der Waals surface area contributed by atoms with E-state index < -0.39 is 0 Å². The maximum atomic E-state index is 12.0. The molecule has 4 nitrogen and oxygen atoms in total. The molecule has 1 N–H and O–H groups in total. The van der Waals surface area contributed by atoms with Crippen molar-refractivity contribution in [3.8, 4) is 0 Å². The Morgan fingerprint density at radius 2 is 1.81 bits per heavy atom. The Hall–Kier alpha value is -2.62. The SMILES string of the molecule is O=C(Cn1cnc2ccccc21)NCCc1ccccc1. The fourth-order valence-electron chi connectivity index (χ4n) is 2.34. The van der Waals surface area contributed by atoms with E-state index in [4.69, 9.17) is 0 Å². The summed E-state index contributed by atoms with van der Waals surface area (Å²) in [4.78, 5) is 16.3. The summed E-state index contributed by atoms with van der Waals surface area (Å²) in [6.45, 7) is 0.949. The van der Waals surface area contributed by atoms with Crippen LogP contribution in [0.5, 0.6) is 0 Å². The first-order valence-electron chi connectivity index (χ1n) is 7.03. The predicted molar refractivity (Wildman–Crippen MR) is 82.9 cm³/mol. The third-order valence-electron chi connectivity index (χ3n) is 3.42. The molecule has 0 aliphatic carbocycles. The van der Waals surface area contributed by atoms with Crippen molar-refractivity contribution >= 4 is 16.9 Å². The van der Waals surface area contributed by atoms with Gasteiger partial charge >= 0.3 is 0 Å². The Labute approximate surface area is 123 Å². The highest BCUT2D eigenvalue weighted by Gasteiger charge is 2.06. The lowest BCUT2D eigenvalue weighted by Crippen LogP contribution is -2.29. The minimum absolute atomic E-state index is 0.00841. The number of carbonyl (C=O) groups excluding carboxylic acids is 1. The molecule has 0 aliphatic rings. The molecule has 1 heterocycles. The van der Waals surface area contributed by atoms with E-state index in [1.807, 2.05) is 47.0 Å². The number of hydrogen-bond donors (Lipinski definition) is 1. The first-order valence-corrected chi connectivity index (χ1v) is 7.03. The molecule has 1 aromatic heterocycles. The van der Waals surface area contributed by atoms with Crippen LogP contribution in [0.2, 0.25) is 0 Å². The summed E-state index contributed by atoms with van der Waals surface area (Å²) in [5.74, 6) is 0.00841. The predicted octanol–water partition coefficient (Wildman–Crippen LogP) is 2.40. The Morgan fingerprint density at radius 1 is 1.05 bits per heavy atom. The van der Waals surface area contributed by atoms with Gasteiger partial charge in [-0.3, -0.25) is 4.79 Å². The fraction of sp³-hybridized carbons (Fsp3) is 0.176. The summed E-state index contributed by atoms with van der Waals surface area (Å²) < 4.78 is 1.87. The van der Waals surface area contributed by atoms with Crippen molar-refractivity contribution in [1.82, 2.24) is 14.9 Å². The van der Waals surface area contributed by atoms with Crippen LogP contribution in [0.15, 0.2) is 60.9 Å². The second-order valence-electron chi connectivity index (χ2n) is 4.95. The van der Waals surface area contributed by atoms with Gasteiger partial charge in [-0.05, 0) is 24.1 Å². The van der Waals surface area contributed by atoms with Gasteiger partial charge in [0.15, 0.2) is 0 Å². The number of carbonyl (C=O) groups is 1. The van der Waals surface area contributed by atoms with Gasteiger partial charge < -0.3 is 9.88 Å². The zero-order valence-corrected chi connectivity index (χ0v) is 11.7. The third-order valence-corrected chi connectivity index (χ3v) is 3.42. The van der Waals surface area contributed by atoms with Crippen molar-refractivity contribution in [2.24, 2.45) is 0 Å². The molecule has 21 heavy (non-hydrogen) atoms. The number of amides is 1. The Balaban J connectivity index is 1.55. The van der Waals surface area contributed by atoms with Gasteiger partial charge in [-0.1, -0.05) is 42.5 Å². The number of nitrogens with one attached hydrogen (secondary N) is 1. The molecule has 4 heteroatoms. The van der Waals surface area contributed by atoms with Crippen LogP contribution in [0.25, 0.3) is 11.0 Å². The highest BCUT2D eigenvalue weighted by molar-refractivity contribution is 5.80. The van der Waals surface area contributed by atoms with Gasteiger partial charge in [0.25, 0.3) is 0 Å². The van der Waals surface area contributed by atoms with E-state index >= 15 is 0 Å². The van der Waals surface area contributed by atoms with Gasteiger partial charge in [0.2, 0.25) is 5.91 Å². The standard InChI is InChI=1S/C17H17N3O/c21-17(18-11-10-14-6-2-1-3-7-14)12-20-13-19-15-8-4-5-9-16(15)20/h1-9,13H,10-12H2,(H,18,21). The van der Waals surface area contributed by atoms with Crippen LogP contribution >= 0.6 is 0 Å². The minimum atomic E-state index is 0.00841. The Kier molecular flexibility index (Phi) is 3.96. The summed E-state index contributed by atoms with van der Waals surface area (Å²) in [6.07, 6.45) is 2.55. The van der Waals surface area contributed by atoms with Gasteiger partial charge in [-0.15, -0.1) is 0 Å². The highest BCUT2D eigenvalue weighted by Crippen LogP contribution is 2.11. The molecule has 2 aromatic carbocycles. The monoisotopic (exact) mass is 279 g/mol. The summed E-state index contributed by atoms with van der Waals surface area (Å²) in [7, 11) is 0. The molecule has 0 radical (unpaired) electrons. The summed E-state index contributed by atoms with van der Waals surface area (Å²) in [5.41, 5.74) is 3.12. The lowest BCUT2D eigenvalue weighted by molar-refractivity contribution is -0.121. The molecular formula is C17H17N3O. The number of fused-ring (bicyclic) bond motifs is 1. The van der Waals surface area contributed by atoms with Crippen molar-refractivity contribution in [2.45, 2.75) is 13.0 Å². The molecule has 0 fully saturated rings. The lowest BCUT2D eigenvalue weighted by Gasteiger charge is -2.07. The van der Waals surface area contributed by atoms with E-state index in [9.17, 15) is 4.79 Å². The molecule has 1 amide bonds. The zero-order chi connectivity index (χ0) is 14.5. The number of imidazole rings is 1. The molecule has 0 spiro atoms. The van der Waals surface area contributed by atoms with Crippen LogP contribution < -0.4 is 5.32 Å². The second kappa shape index (κ2) is 6.22. The summed E-state index contributed by atoms with van der Waals surface area (Å²) in [6, 6.07) is 18.0. The van der Waals surface area contributed by atoms with E-state index in [1.54, 1.807) is 6.33 Å². The Bertz CT molecular complexity index is 734. The topological polar surface area (TPSA) is 46.9 Å². The van der Waals surface area contributed by atoms with Crippen LogP contribution in [0, 0.1) is 0 Å². The number of para-hydroxylation sites is 2. The lowest BCUT2D eigenvalue weighted by atomic mass is 10.1. The molecule has 0 saturated carbocycles. The first-order chi connectivity index (χ1) is 10.3. The van der Waals surface area contributed by atoms with Crippen LogP contribution in [0.4, 0.5) is 0 Å². The van der Waals surface area contributed by atoms with Gasteiger partial charge in [-0.25, -0.2) is 4.98 Å². The molecule has 0 atom stereocenters. The van der Waals surface area contributed by atoms with Crippen molar-refractivity contribution in [3.05, 3.63) is 66.5 Å². The number of nitrogens with zero attached hydrogens (tertiary/aromatic N) is 2. The number of aromatic nitrogens is 2. The minimum Gasteiger partial charge on any atom is -0.354 e. The maximum Gasteiger partial charge on any atom is 0.240 e. The van der Waals surface area contributed by atoms with Crippen molar-refractivity contribution < 1.29 is 4.79 Å². The van der Waals surface area contributed by atoms with Crippen LogP contribution in [0.3, 0.4) is 0 Å². The van der Waals surface area contributed by atoms with E-state index in [2.05, 4.69) is 22.4 Å². The zero-order valence-electron chi connectivity index (χ0n) is 11.7. The molecule has 3 rings (SSSR count). The van der Waals surface area contributed by atoms with Crippen LogP contribution in [-0.2, 0) is 17.8 Å². The molecular weight excluding hydrogens is 262 g/mol. The van der Waals surface area contributed by atoms with Crippen molar-refractivity contribution in [3.63, 3.8) is 0 Å². The summed E-state index contributed by atoms with van der Waals surface area (Å²) in [5, 5.41) is 2.95. The molecule has 0 aliphatic heterocycles. The van der Waals surface area contributed by atoms with Crippen LogP contribution in [0.1, 0.15) is 5.56 Å². The van der Waals surface area contributed by atoms with E-state index in [0.29, 0.717) is 13.1 Å². The van der Waals surface area contributed by atoms with Crippen LogP contribution in [-0.4, -0.2) is 22.0 Å². The molecule has 0 unspecified atom stereocenters. The highest BCUT2D eigenvalue weighted by atomic mass is 16.1. The van der Waals surface area contributed by atoms with Gasteiger partial charge in [0.05, 0.1) is 17.4 Å². The maximum absolute atomic E-state index is 12.0. The smallest absolute Gasteiger partial charge is 0.240 e. The quantitative estimate of drug-likeness (QED) is 0.779. The van der Waals surface area contributed by atoms with E-state index in [0.717, 1.165) is 17.5 Å². The van der Waals surface area contributed by atoms with Gasteiger partial charge in [0, 0.05) is 6.54 Å². The molecule has 0 bridgehead atoms. The number of hydrogen-bond acceptors (Lipinski definition) is 2. The molecule has 0 saturated heterocycles. The normalized spacial score (nSPS) is 10.7. The largest absolute Gasteiger partial charge is 0.354 e. The number of rotatable bonds is 5. The van der Waals surface area contributed by atoms with Crippen molar-refractivity contribution in [2.75, 3.05) is 6.54 Å². The average Bonchev–Trinajstić information content (AvgIpc) is 2.92. The number of benzene rings is 2. The van der Waals surface area contributed by atoms with E-state index in [1.165, 1.54) is 5.56 Å². The Morgan fingerprint density at radius 3 is 2.67 bits per heavy atom. The first kappa shape index (κ1) is 13.4. The third kappa shape index (κ3) is 3.28. The fourth-order valence-corrected chi connectivity index (χ4v) is 2.34. The average molecular weight is 279 g/mol. The van der Waals surface area contributed by atoms with E-state index in [-0.39, 0.29) is 5.91 Å². The second-order valence-corrected chi connectivity index (χ2v) is 4.95.